The summed E-state index contributed by atoms with van der Waals surface area (Å²) >= 11 is 0. The fraction of sp³-hybridized carbons (Fsp3) is 0.444. The highest BCUT2D eigenvalue weighted by atomic mass is 19.1. The van der Waals surface area contributed by atoms with Gasteiger partial charge < -0.3 is 11.1 Å². The summed E-state index contributed by atoms with van der Waals surface area (Å²) in [5.74, 6) is 0.00905. The van der Waals surface area contributed by atoms with Crippen LogP contribution < -0.4 is 11.1 Å². The van der Waals surface area contributed by atoms with Crippen LogP contribution in [0.25, 0.3) is 0 Å². The molecule has 0 saturated heterocycles. The number of unbranched alkanes of at least 4 members (excludes halogenated alkanes) is 1. The summed E-state index contributed by atoms with van der Waals surface area (Å²) in [5, 5.41) is 2.91. The van der Waals surface area contributed by atoms with Crippen molar-refractivity contribution < 1.29 is 4.39 Å². The number of pyridine rings is 1. The molecule has 1 heterocycles. The van der Waals surface area contributed by atoms with Crippen molar-refractivity contribution in [2.24, 2.45) is 5.73 Å². The lowest BCUT2D eigenvalue weighted by Crippen LogP contribution is -2.07. The van der Waals surface area contributed by atoms with E-state index < -0.39 is 0 Å². The van der Waals surface area contributed by atoms with Gasteiger partial charge in [0.25, 0.3) is 0 Å². The molecule has 0 spiro atoms. The molecule has 13 heavy (non-hydrogen) atoms. The van der Waals surface area contributed by atoms with Crippen molar-refractivity contribution in [2.45, 2.75) is 12.8 Å². The molecule has 0 atom stereocenters. The Bertz CT molecular complexity index is 252. The number of aromatic nitrogens is 1. The summed E-state index contributed by atoms with van der Waals surface area (Å²) in [6.07, 6.45) is 3.45. The molecule has 1 aromatic rings. The van der Waals surface area contributed by atoms with Crippen molar-refractivity contribution in [1.82, 2.24) is 4.98 Å². The highest BCUT2D eigenvalue weighted by Gasteiger charge is 1.99. The van der Waals surface area contributed by atoms with E-state index in [0.717, 1.165) is 12.8 Å². The van der Waals surface area contributed by atoms with E-state index in [4.69, 9.17) is 5.73 Å². The van der Waals surface area contributed by atoms with Gasteiger partial charge in [-0.2, -0.15) is 0 Å². The Morgan fingerprint density at radius 1 is 1.46 bits per heavy atom. The molecular formula is C9H14FN3. The van der Waals surface area contributed by atoms with Crippen LogP contribution in [0.2, 0.25) is 0 Å². The van der Waals surface area contributed by atoms with Crippen LogP contribution in [0.1, 0.15) is 12.8 Å². The molecule has 0 aliphatic carbocycles. The molecule has 3 N–H and O–H groups in total. The summed E-state index contributed by atoms with van der Waals surface area (Å²) in [5.41, 5.74) is 5.32. The summed E-state index contributed by atoms with van der Waals surface area (Å²) < 4.78 is 12.9. The van der Waals surface area contributed by atoms with Crippen molar-refractivity contribution in [1.29, 1.82) is 0 Å². The third kappa shape index (κ3) is 3.38. The van der Waals surface area contributed by atoms with Crippen molar-refractivity contribution in [3.8, 4) is 0 Å². The maximum Gasteiger partial charge on any atom is 0.165 e. The molecule has 1 rings (SSSR count). The molecular weight excluding hydrogens is 169 g/mol. The van der Waals surface area contributed by atoms with Gasteiger partial charge in [-0.15, -0.1) is 0 Å². The number of nitrogens with two attached hydrogens (primary N) is 1. The minimum absolute atomic E-state index is 0.310. The third-order valence-corrected chi connectivity index (χ3v) is 1.68. The SMILES string of the molecule is NCCCCNc1ncccc1F. The fourth-order valence-electron chi connectivity index (χ4n) is 0.992. The van der Waals surface area contributed by atoms with Crippen LogP contribution in [-0.2, 0) is 0 Å². The second kappa shape index (κ2) is 5.48. The lowest BCUT2D eigenvalue weighted by molar-refractivity contribution is 0.623. The van der Waals surface area contributed by atoms with Crippen molar-refractivity contribution in [2.75, 3.05) is 18.4 Å². The molecule has 4 heteroatoms. The Morgan fingerprint density at radius 2 is 2.31 bits per heavy atom. The Kier molecular flexibility index (Phi) is 4.18. The molecule has 0 saturated carbocycles. The highest BCUT2D eigenvalue weighted by molar-refractivity contribution is 5.35. The van der Waals surface area contributed by atoms with Crippen LogP contribution in [0, 0.1) is 5.82 Å². The maximum absolute atomic E-state index is 12.9. The monoisotopic (exact) mass is 183 g/mol. The minimum Gasteiger partial charge on any atom is -0.368 e. The van der Waals surface area contributed by atoms with E-state index in [2.05, 4.69) is 10.3 Å². The Balaban J connectivity index is 2.32. The van der Waals surface area contributed by atoms with Crippen molar-refractivity contribution in [3.05, 3.63) is 24.1 Å². The van der Waals surface area contributed by atoms with Crippen LogP contribution in [0.5, 0.6) is 0 Å². The van der Waals surface area contributed by atoms with Crippen LogP contribution in [0.15, 0.2) is 18.3 Å². The Hall–Kier alpha value is -1.16. The molecule has 0 bridgehead atoms. The number of nitrogens with one attached hydrogen (secondary N) is 1. The number of nitrogens with zero attached hydrogens (tertiary/aromatic N) is 1. The zero-order valence-electron chi connectivity index (χ0n) is 7.46. The largest absolute Gasteiger partial charge is 0.368 e. The second-order valence-corrected chi connectivity index (χ2v) is 2.76. The zero-order chi connectivity index (χ0) is 9.52. The lowest BCUT2D eigenvalue weighted by atomic mass is 10.3. The van der Waals surface area contributed by atoms with Crippen molar-refractivity contribution >= 4 is 5.82 Å². The third-order valence-electron chi connectivity index (χ3n) is 1.68. The predicted molar refractivity (Wildman–Crippen MR) is 51.0 cm³/mol. The number of halogens is 1. The first-order chi connectivity index (χ1) is 6.34. The summed E-state index contributed by atoms with van der Waals surface area (Å²) in [6, 6.07) is 2.96. The standard InChI is InChI=1S/C9H14FN3/c10-8-4-3-7-13-9(8)12-6-2-1-5-11/h3-4,7H,1-2,5-6,11H2,(H,12,13). The van der Waals surface area contributed by atoms with Gasteiger partial charge in [-0.3, -0.25) is 0 Å². The van der Waals surface area contributed by atoms with Gasteiger partial charge >= 0.3 is 0 Å². The molecule has 0 unspecified atom stereocenters. The average molecular weight is 183 g/mol. The predicted octanol–water partition coefficient (Wildman–Crippen LogP) is 1.37. The van der Waals surface area contributed by atoms with Gasteiger partial charge in [0, 0.05) is 12.7 Å². The number of rotatable bonds is 5. The summed E-state index contributed by atoms with van der Waals surface area (Å²) in [7, 11) is 0. The summed E-state index contributed by atoms with van der Waals surface area (Å²) in [6.45, 7) is 1.39. The second-order valence-electron chi connectivity index (χ2n) is 2.76. The topological polar surface area (TPSA) is 50.9 Å². The van der Waals surface area contributed by atoms with E-state index in [-0.39, 0.29) is 5.82 Å². The van der Waals surface area contributed by atoms with Crippen LogP contribution in [-0.4, -0.2) is 18.1 Å². The smallest absolute Gasteiger partial charge is 0.165 e. The first kappa shape index (κ1) is 9.92. The van der Waals surface area contributed by atoms with Gasteiger partial charge in [-0.1, -0.05) is 0 Å². The Morgan fingerprint density at radius 3 is 3.00 bits per heavy atom. The molecule has 0 amide bonds. The molecule has 0 radical (unpaired) electrons. The molecule has 3 nitrogen and oxygen atoms in total. The van der Waals surface area contributed by atoms with Crippen LogP contribution >= 0.6 is 0 Å². The quantitative estimate of drug-likeness (QED) is 0.678. The van der Waals surface area contributed by atoms with Crippen molar-refractivity contribution in [3.63, 3.8) is 0 Å². The van der Waals surface area contributed by atoms with E-state index in [0.29, 0.717) is 18.9 Å². The van der Waals surface area contributed by atoms with Gasteiger partial charge in [0.2, 0.25) is 0 Å². The number of hydrogen-bond donors (Lipinski definition) is 2. The lowest BCUT2D eigenvalue weighted by Gasteiger charge is -2.04. The van der Waals surface area contributed by atoms with E-state index in [1.165, 1.54) is 6.07 Å². The van der Waals surface area contributed by atoms with E-state index >= 15 is 0 Å². The maximum atomic E-state index is 12.9. The Labute approximate surface area is 77.2 Å². The molecule has 0 aliphatic heterocycles. The molecule has 1 aromatic heterocycles. The van der Waals surface area contributed by atoms with Gasteiger partial charge in [-0.25, -0.2) is 9.37 Å². The zero-order valence-corrected chi connectivity index (χ0v) is 7.46. The normalized spacial score (nSPS) is 10.0. The fourth-order valence-corrected chi connectivity index (χ4v) is 0.992. The van der Waals surface area contributed by atoms with E-state index in [1.807, 2.05) is 0 Å². The average Bonchev–Trinajstić information content (AvgIpc) is 2.15. The van der Waals surface area contributed by atoms with Crippen LogP contribution in [0.4, 0.5) is 10.2 Å². The van der Waals surface area contributed by atoms with Gasteiger partial charge in [0.15, 0.2) is 11.6 Å². The minimum atomic E-state index is -0.310. The molecule has 0 fully saturated rings. The molecule has 0 aromatic carbocycles. The van der Waals surface area contributed by atoms with E-state index in [1.54, 1.807) is 12.3 Å². The van der Waals surface area contributed by atoms with Gasteiger partial charge in [-0.05, 0) is 31.5 Å². The van der Waals surface area contributed by atoms with Gasteiger partial charge in [0.1, 0.15) is 0 Å². The number of anilines is 1. The number of hydrogen-bond acceptors (Lipinski definition) is 3. The van der Waals surface area contributed by atoms with E-state index in [9.17, 15) is 4.39 Å². The van der Waals surface area contributed by atoms with Crippen LogP contribution in [0.3, 0.4) is 0 Å². The van der Waals surface area contributed by atoms with Gasteiger partial charge in [0.05, 0.1) is 0 Å². The first-order valence-electron chi connectivity index (χ1n) is 4.39. The molecule has 0 aliphatic rings. The first-order valence-corrected chi connectivity index (χ1v) is 4.39. The highest BCUT2D eigenvalue weighted by Crippen LogP contribution is 2.07. The summed E-state index contributed by atoms with van der Waals surface area (Å²) in [4.78, 5) is 3.86. The molecule has 72 valence electrons.